The van der Waals surface area contributed by atoms with E-state index in [1.807, 2.05) is 0 Å². The van der Waals surface area contributed by atoms with E-state index in [1.54, 1.807) is 4.90 Å². The van der Waals surface area contributed by atoms with Crippen molar-refractivity contribution in [3.63, 3.8) is 0 Å². The molecule has 0 aromatic heterocycles. The van der Waals surface area contributed by atoms with Crippen molar-refractivity contribution in [1.29, 1.82) is 0 Å². The lowest BCUT2D eigenvalue weighted by atomic mass is 10.2. The van der Waals surface area contributed by atoms with Crippen LogP contribution < -0.4 is 4.90 Å². The maximum atomic E-state index is 10.5. The van der Waals surface area contributed by atoms with Crippen LogP contribution in [-0.2, 0) is 10.1 Å². The number of quaternary nitrogens is 1. The molecule has 4 fully saturated rings. The molecule has 0 aliphatic carbocycles. The van der Waals surface area contributed by atoms with Crippen LogP contribution in [0.1, 0.15) is 10.4 Å². The number of carboxylic acids is 1. The molecule has 0 atom stereocenters. The van der Waals surface area contributed by atoms with Crippen molar-refractivity contribution in [2.24, 2.45) is 0 Å². The number of carboxylic acid groups (broad SMARTS) is 1. The molecule has 1 aromatic rings. The number of nitrogens with one attached hydrogen (secondary N) is 1. The van der Waals surface area contributed by atoms with Gasteiger partial charge in [0.25, 0.3) is 0 Å². The molecular weight excluding hydrogens is 340 g/mol. The first-order chi connectivity index (χ1) is 11.2. The van der Waals surface area contributed by atoms with Crippen LogP contribution in [0.4, 0.5) is 0 Å². The Morgan fingerprint density at radius 1 is 1.08 bits per heavy atom. The molecular formula is C13H18N4O6S. The van der Waals surface area contributed by atoms with E-state index in [9.17, 15) is 17.8 Å². The van der Waals surface area contributed by atoms with E-state index < -0.39 is 32.3 Å². The molecule has 1 aromatic carbocycles. The van der Waals surface area contributed by atoms with Crippen LogP contribution in [0.2, 0.25) is 0 Å². The maximum absolute atomic E-state index is 10.5. The number of phenols is 1. The number of aromatic carboxylic acids is 1. The second-order valence-electron chi connectivity index (χ2n) is 6.10. The number of aromatic hydroxyl groups is 1. The predicted octanol–water partition coefficient (Wildman–Crippen LogP) is -2.44. The SMILES string of the molecule is C1N2CN3CN1C[NH+](C2)C3.O=C(O)c1cc(S(=O)(=O)[O-])ccc1O. The smallest absolute Gasteiger partial charge is 0.339 e. The van der Waals surface area contributed by atoms with Crippen LogP contribution in [0.25, 0.3) is 0 Å². The lowest BCUT2D eigenvalue weighted by molar-refractivity contribution is -0.958. The highest BCUT2D eigenvalue weighted by molar-refractivity contribution is 7.85. The lowest BCUT2D eigenvalue weighted by Gasteiger charge is -2.53. The summed E-state index contributed by atoms with van der Waals surface area (Å²) in [7, 11) is -4.70. The van der Waals surface area contributed by atoms with Crippen molar-refractivity contribution in [2.75, 3.05) is 40.0 Å². The molecule has 10 nitrogen and oxygen atoms in total. The second kappa shape index (κ2) is 6.27. The van der Waals surface area contributed by atoms with Gasteiger partial charge in [0.2, 0.25) is 0 Å². The first-order valence-electron chi connectivity index (χ1n) is 7.25. The standard InChI is InChI=1S/C7H6O6S.C6H12N4/c8-6-2-1-4(14(11,12)13)3-5(6)7(9)10;1-7-2-9-4-8(1)5-10(3-7)6-9/h1-3,8H,(H,9,10)(H,11,12,13);1-6H2. The normalized spacial score (nSPS) is 30.5. The fourth-order valence-corrected chi connectivity index (χ4v) is 3.72. The summed E-state index contributed by atoms with van der Waals surface area (Å²) in [4.78, 5) is 19.0. The molecule has 0 amide bonds. The van der Waals surface area contributed by atoms with E-state index in [1.165, 1.54) is 40.0 Å². The highest BCUT2D eigenvalue weighted by atomic mass is 32.2. The number of nitrogens with zero attached hydrogens (tertiary/aromatic N) is 3. The third-order valence-electron chi connectivity index (χ3n) is 4.03. The summed E-state index contributed by atoms with van der Waals surface area (Å²) in [6.07, 6.45) is 0. The minimum Gasteiger partial charge on any atom is -0.744 e. The van der Waals surface area contributed by atoms with Crippen molar-refractivity contribution in [2.45, 2.75) is 4.90 Å². The van der Waals surface area contributed by atoms with Gasteiger partial charge in [0.1, 0.15) is 41.4 Å². The van der Waals surface area contributed by atoms with Crippen LogP contribution in [0.3, 0.4) is 0 Å². The van der Waals surface area contributed by atoms with Crippen LogP contribution in [-0.4, -0.2) is 83.9 Å². The Morgan fingerprint density at radius 3 is 1.96 bits per heavy atom. The number of benzene rings is 1. The van der Waals surface area contributed by atoms with Gasteiger partial charge in [-0.3, -0.25) is 4.90 Å². The molecule has 3 N–H and O–H groups in total. The van der Waals surface area contributed by atoms with Crippen molar-refractivity contribution in [3.05, 3.63) is 23.8 Å². The van der Waals surface area contributed by atoms with Crippen LogP contribution in [0.15, 0.2) is 23.1 Å². The van der Waals surface area contributed by atoms with Crippen molar-refractivity contribution in [1.82, 2.24) is 14.7 Å². The molecule has 5 rings (SSSR count). The Balaban J connectivity index is 0.000000147. The Morgan fingerprint density at radius 2 is 1.58 bits per heavy atom. The average molecular weight is 358 g/mol. The maximum Gasteiger partial charge on any atom is 0.339 e. The van der Waals surface area contributed by atoms with E-state index in [-0.39, 0.29) is 0 Å². The molecule has 0 spiro atoms. The van der Waals surface area contributed by atoms with E-state index in [0.29, 0.717) is 6.07 Å². The Labute approximate surface area is 138 Å². The monoisotopic (exact) mass is 358 g/mol. The average Bonchev–Trinajstić information content (AvgIpc) is 2.45. The quantitative estimate of drug-likeness (QED) is 0.494. The summed E-state index contributed by atoms with van der Waals surface area (Å²) >= 11 is 0. The summed E-state index contributed by atoms with van der Waals surface area (Å²) < 4.78 is 31.5. The lowest BCUT2D eigenvalue weighted by Crippen LogP contribution is -3.21. The molecule has 24 heavy (non-hydrogen) atoms. The van der Waals surface area contributed by atoms with Gasteiger partial charge >= 0.3 is 5.97 Å². The van der Waals surface area contributed by atoms with Crippen molar-refractivity contribution < 1.29 is 32.9 Å². The minimum atomic E-state index is -4.70. The summed E-state index contributed by atoms with van der Waals surface area (Å²) in [5, 5.41) is 17.5. The summed E-state index contributed by atoms with van der Waals surface area (Å²) in [5.41, 5.74) is -0.623. The highest BCUT2D eigenvalue weighted by Crippen LogP contribution is 2.20. The predicted molar refractivity (Wildman–Crippen MR) is 78.7 cm³/mol. The van der Waals surface area contributed by atoms with E-state index in [4.69, 9.17) is 10.2 Å². The summed E-state index contributed by atoms with van der Waals surface area (Å²) in [5.74, 6) is -2.10. The topological polar surface area (TPSA) is 129 Å². The van der Waals surface area contributed by atoms with E-state index in [0.717, 1.165) is 12.1 Å². The number of rotatable bonds is 2. The number of carbonyl (C=O) groups is 1. The summed E-state index contributed by atoms with van der Waals surface area (Å²) in [6, 6.07) is 2.29. The molecule has 0 radical (unpaired) electrons. The molecule has 4 saturated heterocycles. The minimum absolute atomic E-state index is 0.593. The first-order valence-corrected chi connectivity index (χ1v) is 8.66. The van der Waals surface area contributed by atoms with Gasteiger partial charge < -0.3 is 14.8 Å². The van der Waals surface area contributed by atoms with E-state index >= 15 is 0 Å². The Bertz CT molecular complexity index is 696. The number of hydrogen-bond donors (Lipinski definition) is 3. The van der Waals surface area contributed by atoms with Gasteiger partial charge in [0, 0.05) is 0 Å². The Hall–Kier alpha value is -1.76. The van der Waals surface area contributed by atoms with Gasteiger partial charge in [-0.1, -0.05) is 0 Å². The third-order valence-corrected chi connectivity index (χ3v) is 4.86. The molecule has 4 bridgehead atoms. The van der Waals surface area contributed by atoms with Gasteiger partial charge in [-0.15, -0.1) is 0 Å². The van der Waals surface area contributed by atoms with Gasteiger partial charge in [-0.2, -0.15) is 0 Å². The molecule has 4 heterocycles. The second-order valence-corrected chi connectivity index (χ2v) is 7.48. The van der Waals surface area contributed by atoms with Gasteiger partial charge in [0.15, 0.2) is 0 Å². The van der Waals surface area contributed by atoms with Crippen LogP contribution in [0.5, 0.6) is 5.75 Å². The molecule has 0 saturated carbocycles. The fraction of sp³-hybridized carbons (Fsp3) is 0.462. The van der Waals surface area contributed by atoms with Gasteiger partial charge in [-0.25, -0.2) is 27.9 Å². The molecule has 4 aliphatic rings. The Kier molecular flexibility index (Phi) is 4.46. The zero-order valence-electron chi connectivity index (χ0n) is 12.8. The third kappa shape index (κ3) is 3.66. The molecule has 4 aliphatic heterocycles. The highest BCUT2D eigenvalue weighted by Gasteiger charge is 2.39. The van der Waals surface area contributed by atoms with Crippen LogP contribution >= 0.6 is 0 Å². The largest absolute Gasteiger partial charge is 0.744 e. The van der Waals surface area contributed by atoms with Crippen LogP contribution in [0, 0.1) is 0 Å². The summed E-state index contributed by atoms with van der Waals surface area (Å²) in [6.45, 7) is 7.44. The zero-order chi connectivity index (χ0) is 17.5. The van der Waals surface area contributed by atoms with Crippen molar-refractivity contribution in [3.8, 4) is 5.75 Å². The van der Waals surface area contributed by atoms with Gasteiger partial charge in [0.05, 0.1) is 24.9 Å². The zero-order valence-corrected chi connectivity index (χ0v) is 13.6. The fourth-order valence-electron chi connectivity index (χ4n) is 3.22. The molecule has 11 heteroatoms. The number of hydrogen-bond acceptors (Lipinski definition) is 8. The van der Waals surface area contributed by atoms with Gasteiger partial charge in [-0.05, 0) is 18.2 Å². The van der Waals surface area contributed by atoms with Crippen molar-refractivity contribution >= 4 is 16.1 Å². The van der Waals surface area contributed by atoms with E-state index in [2.05, 4.69) is 14.7 Å². The molecule has 132 valence electrons. The molecule has 0 unspecified atom stereocenters. The first kappa shape index (κ1) is 17.1.